The molecular weight excluding hydrogens is 230 g/mol. The fourth-order valence-corrected chi connectivity index (χ4v) is 3.37. The number of benzene rings is 1. The summed E-state index contributed by atoms with van der Waals surface area (Å²) in [4.78, 5) is 0. The third-order valence-corrected chi connectivity index (χ3v) is 4.80. The number of hydrogen-bond acceptors (Lipinski definition) is 1. The Morgan fingerprint density at radius 3 is 2.89 bits per heavy atom. The molecule has 1 aromatic carbocycles. The molecule has 1 N–H and O–H groups in total. The van der Waals surface area contributed by atoms with Crippen LogP contribution in [0.15, 0.2) is 24.3 Å². The third-order valence-electron chi connectivity index (χ3n) is 4.80. The number of hydrogen-bond donors (Lipinski definition) is 1. The second-order valence-electron chi connectivity index (χ2n) is 5.84. The van der Waals surface area contributed by atoms with Gasteiger partial charge in [-0.15, -0.1) is 0 Å². The number of aryl methyl sites for hydroxylation is 1. The van der Waals surface area contributed by atoms with E-state index in [0.717, 1.165) is 12.5 Å². The Balaban J connectivity index is 1.50. The molecule has 0 radical (unpaired) electrons. The highest BCUT2D eigenvalue weighted by Gasteiger charge is 2.27. The Morgan fingerprint density at radius 1 is 1.21 bits per heavy atom. The minimum absolute atomic E-state index is 0.522. The lowest BCUT2D eigenvalue weighted by Gasteiger charge is -2.31. The molecule has 3 unspecified atom stereocenters. The van der Waals surface area contributed by atoms with Gasteiger partial charge in [0.15, 0.2) is 0 Å². The molecule has 1 nitrogen and oxygen atoms in total. The predicted octanol–water partition coefficient (Wildman–Crippen LogP) is 3.70. The van der Waals surface area contributed by atoms with Crippen molar-refractivity contribution in [3.05, 3.63) is 35.4 Å². The Labute approximate surface area is 116 Å². The summed E-state index contributed by atoms with van der Waals surface area (Å²) in [6.45, 7) is 3.12. The van der Waals surface area contributed by atoms with Gasteiger partial charge in [0.1, 0.15) is 0 Å². The lowest BCUT2D eigenvalue weighted by atomic mass is 9.73. The lowest BCUT2D eigenvalue weighted by molar-refractivity contribution is 0.230. The number of rotatable bonds is 3. The van der Waals surface area contributed by atoms with Gasteiger partial charge in [-0.3, -0.25) is 5.32 Å². The van der Waals surface area contributed by atoms with Crippen molar-refractivity contribution < 1.29 is 0 Å². The Hall–Kier alpha value is -1.26. The fourth-order valence-electron chi connectivity index (χ4n) is 3.37. The quantitative estimate of drug-likeness (QED) is 0.810. The van der Waals surface area contributed by atoms with Crippen molar-refractivity contribution in [1.82, 2.24) is 5.32 Å². The molecule has 2 aliphatic carbocycles. The van der Waals surface area contributed by atoms with E-state index in [1.54, 1.807) is 0 Å². The van der Waals surface area contributed by atoms with Crippen LogP contribution in [0.2, 0.25) is 0 Å². The van der Waals surface area contributed by atoms with Crippen LogP contribution in [-0.4, -0.2) is 6.54 Å². The van der Waals surface area contributed by atoms with E-state index in [0.29, 0.717) is 12.0 Å². The van der Waals surface area contributed by atoms with E-state index in [4.69, 9.17) is 0 Å². The van der Waals surface area contributed by atoms with Gasteiger partial charge in [0.05, 0.1) is 6.54 Å². The summed E-state index contributed by atoms with van der Waals surface area (Å²) in [5, 5.41) is 3.60. The molecule has 0 heterocycles. The fraction of sp³-hybridized carbons (Fsp3) is 0.556. The van der Waals surface area contributed by atoms with E-state index in [-0.39, 0.29) is 0 Å². The first kappa shape index (κ1) is 12.8. The van der Waals surface area contributed by atoms with Crippen molar-refractivity contribution in [2.45, 2.75) is 45.1 Å². The number of fused-ring (bicyclic) bond motifs is 1. The minimum atomic E-state index is 0.522. The Morgan fingerprint density at radius 2 is 2.11 bits per heavy atom. The average molecular weight is 253 g/mol. The maximum atomic E-state index is 3.60. The van der Waals surface area contributed by atoms with Gasteiger partial charge >= 0.3 is 0 Å². The van der Waals surface area contributed by atoms with E-state index >= 15 is 0 Å². The molecule has 0 bridgehead atoms. The smallest absolute Gasteiger partial charge is 0.0581 e. The highest BCUT2D eigenvalue weighted by Crippen LogP contribution is 2.35. The van der Waals surface area contributed by atoms with Crippen molar-refractivity contribution in [1.29, 1.82) is 0 Å². The molecule has 19 heavy (non-hydrogen) atoms. The molecule has 1 heteroatoms. The molecule has 1 aromatic rings. The van der Waals surface area contributed by atoms with Gasteiger partial charge in [0, 0.05) is 12.0 Å². The first-order valence-electron chi connectivity index (χ1n) is 7.68. The van der Waals surface area contributed by atoms with Crippen LogP contribution in [0.5, 0.6) is 0 Å². The summed E-state index contributed by atoms with van der Waals surface area (Å²) in [6.07, 6.45) is 6.43. The first-order valence-corrected chi connectivity index (χ1v) is 7.68. The predicted molar refractivity (Wildman–Crippen MR) is 79.8 cm³/mol. The average Bonchev–Trinajstić information content (AvgIpc) is 2.81. The highest BCUT2D eigenvalue weighted by molar-refractivity contribution is 5.34. The molecule has 3 rings (SSSR count). The molecular formula is C18H23N. The van der Waals surface area contributed by atoms with Crippen LogP contribution in [0.4, 0.5) is 0 Å². The van der Waals surface area contributed by atoms with Gasteiger partial charge in [-0.05, 0) is 42.7 Å². The van der Waals surface area contributed by atoms with E-state index in [1.165, 1.54) is 43.2 Å². The molecule has 2 aliphatic rings. The van der Waals surface area contributed by atoms with Crippen LogP contribution in [0.1, 0.15) is 49.8 Å². The van der Waals surface area contributed by atoms with Crippen molar-refractivity contribution in [2.75, 3.05) is 6.54 Å². The van der Waals surface area contributed by atoms with E-state index in [2.05, 4.69) is 48.3 Å². The first-order chi connectivity index (χ1) is 9.38. The SMILES string of the molecule is CCC1CCC1C#CCNC1CCc2ccccc21. The van der Waals surface area contributed by atoms with Crippen LogP contribution >= 0.6 is 0 Å². The second-order valence-corrected chi connectivity index (χ2v) is 5.84. The van der Waals surface area contributed by atoms with Gasteiger partial charge in [-0.2, -0.15) is 0 Å². The van der Waals surface area contributed by atoms with Crippen LogP contribution in [0, 0.1) is 23.7 Å². The normalized spacial score (nSPS) is 28.2. The molecule has 1 fully saturated rings. The zero-order valence-corrected chi connectivity index (χ0v) is 11.8. The van der Waals surface area contributed by atoms with Crippen molar-refractivity contribution >= 4 is 0 Å². The summed E-state index contributed by atoms with van der Waals surface area (Å²) in [5.41, 5.74) is 3.00. The van der Waals surface area contributed by atoms with Crippen molar-refractivity contribution in [2.24, 2.45) is 11.8 Å². The van der Waals surface area contributed by atoms with E-state index in [9.17, 15) is 0 Å². The molecule has 0 aliphatic heterocycles. The largest absolute Gasteiger partial charge is 0.299 e. The summed E-state index contributed by atoms with van der Waals surface area (Å²) in [5.74, 6) is 8.36. The highest BCUT2D eigenvalue weighted by atomic mass is 14.9. The van der Waals surface area contributed by atoms with Crippen LogP contribution in [-0.2, 0) is 6.42 Å². The zero-order valence-electron chi connectivity index (χ0n) is 11.8. The monoisotopic (exact) mass is 253 g/mol. The molecule has 3 atom stereocenters. The second kappa shape index (κ2) is 5.80. The van der Waals surface area contributed by atoms with Crippen LogP contribution in [0.25, 0.3) is 0 Å². The van der Waals surface area contributed by atoms with E-state index in [1.807, 2.05) is 0 Å². The van der Waals surface area contributed by atoms with Gasteiger partial charge in [-0.25, -0.2) is 0 Å². The standard InChI is InChI=1S/C18H23N/c1-2-14-9-10-15(14)7-5-13-19-18-12-11-16-6-3-4-8-17(16)18/h3-4,6,8,14-15,18-19H,2,9-13H2,1H3. The lowest BCUT2D eigenvalue weighted by Crippen LogP contribution is -2.24. The molecule has 0 saturated heterocycles. The van der Waals surface area contributed by atoms with E-state index < -0.39 is 0 Å². The summed E-state index contributed by atoms with van der Waals surface area (Å²) in [6, 6.07) is 9.32. The minimum Gasteiger partial charge on any atom is -0.299 e. The van der Waals surface area contributed by atoms with Crippen LogP contribution < -0.4 is 5.32 Å². The Kier molecular flexibility index (Phi) is 3.89. The molecule has 0 spiro atoms. The maximum Gasteiger partial charge on any atom is 0.0581 e. The van der Waals surface area contributed by atoms with Gasteiger partial charge in [-0.1, -0.05) is 49.5 Å². The van der Waals surface area contributed by atoms with Gasteiger partial charge < -0.3 is 0 Å². The number of nitrogens with one attached hydrogen (secondary N) is 1. The van der Waals surface area contributed by atoms with Crippen molar-refractivity contribution in [3.8, 4) is 11.8 Å². The van der Waals surface area contributed by atoms with Crippen LogP contribution in [0.3, 0.4) is 0 Å². The molecule has 0 aromatic heterocycles. The molecule has 0 amide bonds. The van der Waals surface area contributed by atoms with Gasteiger partial charge in [0.2, 0.25) is 0 Å². The summed E-state index contributed by atoms with van der Waals surface area (Å²) < 4.78 is 0. The Bertz CT molecular complexity index is 492. The summed E-state index contributed by atoms with van der Waals surface area (Å²) >= 11 is 0. The molecule has 100 valence electrons. The molecule has 1 saturated carbocycles. The topological polar surface area (TPSA) is 12.0 Å². The maximum absolute atomic E-state index is 3.60. The summed E-state index contributed by atoms with van der Waals surface area (Å²) in [7, 11) is 0. The van der Waals surface area contributed by atoms with Crippen molar-refractivity contribution in [3.63, 3.8) is 0 Å². The van der Waals surface area contributed by atoms with Gasteiger partial charge in [0.25, 0.3) is 0 Å². The zero-order chi connectivity index (χ0) is 13.1. The third kappa shape index (κ3) is 2.69.